The first-order chi connectivity index (χ1) is 20.3. The molecule has 3 rings (SSSR count). The zero-order valence-corrected chi connectivity index (χ0v) is 26.2. The van der Waals surface area contributed by atoms with Gasteiger partial charge in [-0.25, -0.2) is 4.79 Å². The Labute approximate surface area is 256 Å². The van der Waals surface area contributed by atoms with E-state index in [0.29, 0.717) is 23.2 Å². The normalized spacial score (nSPS) is 12.8. The third-order valence-electron chi connectivity index (χ3n) is 7.33. The van der Waals surface area contributed by atoms with Crippen LogP contribution in [0.1, 0.15) is 76.3 Å². The number of amides is 3. The molecule has 226 valence electrons. The van der Waals surface area contributed by atoms with Crippen LogP contribution in [0.4, 0.5) is 10.5 Å². The Morgan fingerprint density at radius 1 is 0.907 bits per heavy atom. The molecule has 0 spiro atoms. The topological polar surface area (TPSA) is 87.7 Å². The fourth-order valence-corrected chi connectivity index (χ4v) is 4.71. The van der Waals surface area contributed by atoms with Crippen molar-refractivity contribution in [2.75, 3.05) is 5.32 Å². The number of anilines is 1. The molecular formula is C36H43N3O4. The Morgan fingerprint density at radius 2 is 1.51 bits per heavy atom. The van der Waals surface area contributed by atoms with Gasteiger partial charge in [-0.3, -0.25) is 9.59 Å². The number of hydrogen-bond acceptors (Lipinski definition) is 4. The highest BCUT2D eigenvalue weighted by atomic mass is 16.6. The van der Waals surface area contributed by atoms with Crippen molar-refractivity contribution in [1.82, 2.24) is 10.2 Å². The minimum Gasteiger partial charge on any atom is -0.444 e. The summed E-state index contributed by atoms with van der Waals surface area (Å²) in [6.07, 6.45) is 5.65. The van der Waals surface area contributed by atoms with Crippen LogP contribution in [-0.4, -0.2) is 40.0 Å². The average Bonchev–Trinajstić information content (AvgIpc) is 2.96. The molecule has 0 aliphatic heterocycles. The van der Waals surface area contributed by atoms with E-state index in [0.717, 1.165) is 11.1 Å². The molecule has 0 aromatic heterocycles. The first-order valence-electron chi connectivity index (χ1n) is 14.6. The van der Waals surface area contributed by atoms with Gasteiger partial charge in [-0.15, -0.1) is 6.42 Å². The quantitative estimate of drug-likeness (QED) is 0.258. The number of carbonyl (C=O) groups excluding carboxylic acids is 3. The summed E-state index contributed by atoms with van der Waals surface area (Å²) >= 11 is 0. The van der Waals surface area contributed by atoms with Crippen molar-refractivity contribution in [3.8, 4) is 12.3 Å². The Morgan fingerprint density at radius 3 is 2.07 bits per heavy atom. The molecule has 3 amide bonds. The van der Waals surface area contributed by atoms with Gasteiger partial charge in [0.05, 0.1) is 0 Å². The fraction of sp³-hybridized carbons (Fsp3) is 0.361. The van der Waals surface area contributed by atoms with Gasteiger partial charge in [-0.2, -0.15) is 0 Å². The molecule has 3 aromatic carbocycles. The van der Waals surface area contributed by atoms with Crippen LogP contribution in [0.25, 0.3) is 0 Å². The lowest BCUT2D eigenvalue weighted by molar-refractivity contribution is -0.147. The van der Waals surface area contributed by atoms with Gasteiger partial charge >= 0.3 is 6.09 Å². The number of para-hydroxylation sites is 1. The number of ether oxygens (including phenoxy) is 1. The van der Waals surface area contributed by atoms with E-state index in [1.807, 2.05) is 82.3 Å². The highest BCUT2D eigenvalue weighted by molar-refractivity contribution is 5.99. The predicted octanol–water partition coefficient (Wildman–Crippen LogP) is 6.81. The molecule has 2 atom stereocenters. The first kappa shape index (κ1) is 32.9. The summed E-state index contributed by atoms with van der Waals surface area (Å²) in [6, 6.07) is 21.9. The van der Waals surface area contributed by atoms with E-state index in [9.17, 15) is 14.4 Å². The van der Waals surface area contributed by atoms with Crippen molar-refractivity contribution in [3.05, 3.63) is 101 Å². The average molecular weight is 582 g/mol. The summed E-state index contributed by atoms with van der Waals surface area (Å²) in [6.45, 7) is 13.0. The number of terminal acetylenes is 1. The van der Waals surface area contributed by atoms with E-state index < -0.39 is 35.2 Å². The van der Waals surface area contributed by atoms with Gasteiger partial charge in [0.2, 0.25) is 5.91 Å². The third-order valence-corrected chi connectivity index (χ3v) is 7.33. The zero-order chi connectivity index (χ0) is 31.8. The summed E-state index contributed by atoms with van der Waals surface area (Å²) in [7, 11) is 0. The smallest absolute Gasteiger partial charge is 0.408 e. The number of aryl methyl sites for hydroxylation is 1. The number of nitrogens with one attached hydrogen (secondary N) is 2. The number of benzene rings is 3. The lowest BCUT2D eigenvalue weighted by atomic mass is 9.90. The molecule has 3 aromatic rings. The van der Waals surface area contributed by atoms with Gasteiger partial charge < -0.3 is 20.3 Å². The SMILES string of the molecule is C#Cc1ccc(C(C(=O)Nc2ccccc2C)N(C(=O)C(Cc2ccccc2)NC(=O)OC(C)(C)C)C(C)(C)CC)cc1. The molecule has 7 nitrogen and oxygen atoms in total. The lowest BCUT2D eigenvalue weighted by Crippen LogP contribution is -2.59. The third kappa shape index (κ3) is 8.96. The summed E-state index contributed by atoms with van der Waals surface area (Å²) in [5, 5.41) is 5.85. The molecule has 0 radical (unpaired) electrons. The number of alkyl carbamates (subject to hydrolysis) is 1. The van der Waals surface area contributed by atoms with Crippen LogP contribution in [0.5, 0.6) is 0 Å². The van der Waals surface area contributed by atoms with E-state index >= 15 is 0 Å². The largest absolute Gasteiger partial charge is 0.444 e. The highest BCUT2D eigenvalue weighted by Crippen LogP contribution is 2.34. The summed E-state index contributed by atoms with van der Waals surface area (Å²) in [5.41, 5.74) is 2.08. The van der Waals surface area contributed by atoms with Crippen molar-refractivity contribution in [2.24, 2.45) is 0 Å². The Kier molecular flexibility index (Phi) is 10.8. The van der Waals surface area contributed by atoms with Gasteiger partial charge in [-0.1, -0.05) is 73.5 Å². The molecule has 2 N–H and O–H groups in total. The van der Waals surface area contributed by atoms with E-state index in [2.05, 4.69) is 16.6 Å². The lowest BCUT2D eigenvalue weighted by Gasteiger charge is -2.44. The molecule has 0 saturated heterocycles. The maximum atomic E-state index is 14.8. The highest BCUT2D eigenvalue weighted by Gasteiger charge is 2.43. The molecular weight excluding hydrogens is 538 g/mol. The second-order valence-electron chi connectivity index (χ2n) is 12.2. The number of rotatable bonds is 10. The molecule has 2 unspecified atom stereocenters. The fourth-order valence-electron chi connectivity index (χ4n) is 4.71. The molecule has 0 aliphatic rings. The number of hydrogen-bond donors (Lipinski definition) is 2. The van der Waals surface area contributed by atoms with Gasteiger partial charge in [-0.05, 0) is 82.9 Å². The minimum atomic E-state index is -1.03. The van der Waals surface area contributed by atoms with Gasteiger partial charge in [0, 0.05) is 23.2 Å². The Bertz CT molecular complexity index is 1450. The molecule has 7 heteroatoms. The zero-order valence-electron chi connectivity index (χ0n) is 26.2. The van der Waals surface area contributed by atoms with Crippen LogP contribution in [0.2, 0.25) is 0 Å². The van der Waals surface area contributed by atoms with Crippen LogP contribution in [-0.2, 0) is 20.7 Å². The van der Waals surface area contributed by atoms with Crippen molar-refractivity contribution in [3.63, 3.8) is 0 Å². The van der Waals surface area contributed by atoms with E-state index in [1.165, 1.54) is 0 Å². The molecule has 0 heterocycles. The van der Waals surface area contributed by atoms with Crippen LogP contribution >= 0.6 is 0 Å². The summed E-state index contributed by atoms with van der Waals surface area (Å²) < 4.78 is 5.54. The van der Waals surface area contributed by atoms with Crippen LogP contribution < -0.4 is 10.6 Å². The maximum Gasteiger partial charge on any atom is 0.408 e. The maximum absolute atomic E-state index is 14.8. The van der Waals surface area contributed by atoms with Crippen LogP contribution in [0, 0.1) is 19.3 Å². The second-order valence-corrected chi connectivity index (χ2v) is 12.2. The van der Waals surface area contributed by atoms with Gasteiger partial charge in [0.15, 0.2) is 0 Å². The van der Waals surface area contributed by atoms with Gasteiger partial charge in [0.25, 0.3) is 5.91 Å². The van der Waals surface area contributed by atoms with Gasteiger partial charge in [0.1, 0.15) is 17.7 Å². The molecule has 0 bridgehead atoms. The minimum absolute atomic E-state index is 0.206. The van der Waals surface area contributed by atoms with Crippen molar-refractivity contribution < 1.29 is 19.1 Å². The van der Waals surface area contributed by atoms with E-state index in [-0.39, 0.29) is 12.3 Å². The Hall–Kier alpha value is -4.57. The Balaban J connectivity index is 2.15. The second kappa shape index (κ2) is 14.1. The molecule has 0 fully saturated rings. The van der Waals surface area contributed by atoms with E-state index in [1.54, 1.807) is 49.9 Å². The molecule has 43 heavy (non-hydrogen) atoms. The van der Waals surface area contributed by atoms with Crippen molar-refractivity contribution >= 4 is 23.6 Å². The van der Waals surface area contributed by atoms with E-state index in [4.69, 9.17) is 11.2 Å². The first-order valence-corrected chi connectivity index (χ1v) is 14.6. The van der Waals surface area contributed by atoms with Crippen LogP contribution in [0.15, 0.2) is 78.9 Å². The summed E-state index contributed by atoms with van der Waals surface area (Å²) in [5.74, 6) is 1.82. The predicted molar refractivity (Wildman–Crippen MR) is 171 cm³/mol. The summed E-state index contributed by atoms with van der Waals surface area (Å²) in [4.78, 5) is 43.6. The van der Waals surface area contributed by atoms with Crippen molar-refractivity contribution in [2.45, 2.75) is 84.5 Å². The van der Waals surface area contributed by atoms with Crippen LogP contribution in [0.3, 0.4) is 0 Å². The van der Waals surface area contributed by atoms with Crippen molar-refractivity contribution in [1.29, 1.82) is 0 Å². The number of nitrogens with zero attached hydrogens (tertiary/aromatic N) is 1. The molecule has 0 aliphatic carbocycles. The monoisotopic (exact) mass is 581 g/mol. The molecule has 0 saturated carbocycles. The standard InChI is InChI=1S/C36H43N3O4/c1-9-26-20-22-28(23-21-26)31(32(40)37-29-19-15-14-16-25(29)3)39(36(7,8)10-2)33(41)30(24-27-17-12-11-13-18-27)38-34(42)43-35(4,5)6/h1,11-23,30-31H,10,24H2,2-8H3,(H,37,40)(H,38,42). The number of carbonyl (C=O) groups is 3.